The maximum atomic E-state index is 11.9. The molecule has 0 aromatic heterocycles. The zero-order valence-electron chi connectivity index (χ0n) is 15.7. The van der Waals surface area contributed by atoms with Gasteiger partial charge in [0.2, 0.25) is 0 Å². The summed E-state index contributed by atoms with van der Waals surface area (Å²) in [5.41, 5.74) is 0. The van der Waals surface area contributed by atoms with E-state index in [1.165, 1.54) is 37.8 Å². The van der Waals surface area contributed by atoms with Gasteiger partial charge in [-0.15, -0.1) is 0 Å². The van der Waals surface area contributed by atoms with E-state index in [1.807, 2.05) is 0 Å². The van der Waals surface area contributed by atoms with Gasteiger partial charge in [0.1, 0.15) is 5.02 Å². The molecule has 1 aromatic rings. The summed E-state index contributed by atoms with van der Waals surface area (Å²) in [5.74, 6) is -0.533. The van der Waals surface area contributed by atoms with Crippen LogP contribution in [0.5, 0.6) is 5.75 Å². The molecule has 0 bridgehead atoms. The van der Waals surface area contributed by atoms with Crippen molar-refractivity contribution in [1.29, 1.82) is 0 Å². The van der Waals surface area contributed by atoms with E-state index in [-0.39, 0.29) is 28.2 Å². The van der Waals surface area contributed by atoms with Crippen molar-refractivity contribution in [2.75, 3.05) is 6.61 Å². The molecule has 0 heterocycles. The van der Waals surface area contributed by atoms with Crippen LogP contribution in [-0.4, -0.2) is 18.5 Å². The normalized spacial score (nSPS) is 10.7. The summed E-state index contributed by atoms with van der Waals surface area (Å²) in [7, 11) is 0. The molecule has 0 unspecified atom stereocenters. The van der Waals surface area contributed by atoms with Crippen LogP contribution >= 0.6 is 34.8 Å². The maximum Gasteiger partial charge on any atom is 0.311 e. The summed E-state index contributed by atoms with van der Waals surface area (Å²) in [6, 6.07) is 2.91. The fraction of sp³-hybridized carbons (Fsp3) is 0.600. The number of unbranched alkanes of at least 4 members (excludes halogenated alkanes) is 6. The Labute approximate surface area is 176 Å². The Morgan fingerprint density at radius 2 is 1.48 bits per heavy atom. The second-order valence-corrected chi connectivity index (χ2v) is 7.59. The third-order valence-electron chi connectivity index (χ3n) is 3.96. The van der Waals surface area contributed by atoms with Crippen molar-refractivity contribution in [3.8, 4) is 5.75 Å². The van der Waals surface area contributed by atoms with E-state index >= 15 is 0 Å². The Hall–Kier alpha value is -0.970. The highest BCUT2D eigenvalue weighted by Crippen LogP contribution is 2.35. The number of carbonyl (C=O) groups is 2. The largest absolute Gasteiger partial charge is 0.466 e. The highest BCUT2D eigenvalue weighted by molar-refractivity contribution is 6.44. The molecule has 0 saturated carbocycles. The fourth-order valence-electron chi connectivity index (χ4n) is 2.46. The Balaban J connectivity index is 2.12. The Kier molecular flexibility index (Phi) is 12.6. The second-order valence-electron chi connectivity index (χ2n) is 6.37. The smallest absolute Gasteiger partial charge is 0.311 e. The van der Waals surface area contributed by atoms with E-state index < -0.39 is 5.97 Å². The van der Waals surface area contributed by atoms with E-state index in [9.17, 15) is 9.59 Å². The third-order valence-corrected chi connectivity index (χ3v) is 4.96. The zero-order chi connectivity index (χ0) is 20.1. The van der Waals surface area contributed by atoms with E-state index in [0.29, 0.717) is 30.9 Å². The van der Waals surface area contributed by atoms with Crippen LogP contribution in [0.4, 0.5) is 0 Å². The fourth-order valence-corrected chi connectivity index (χ4v) is 3.08. The average Bonchev–Trinajstić information content (AvgIpc) is 2.62. The van der Waals surface area contributed by atoms with Crippen molar-refractivity contribution in [3.63, 3.8) is 0 Å². The minimum atomic E-state index is -0.448. The first-order valence-electron chi connectivity index (χ1n) is 9.45. The van der Waals surface area contributed by atoms with Crippen LogP contribution < -0.4 is 4.74 Å². The number of hydrogen-bond donors (Lipinski definition) is 0. The summed E-state index contributed by atoms with van der Waals surface area (Å²) >= 11 is 17.7. The van der Waals surface area contributed by atoms with E-state index in [4.69, 9.17) is 44.3 Å². The van der Waals surface area contributed by atoms with Crippen molar-refractivity contribution in [2.24, 2.45) is 0 Å². The van der Waals surface area contributed by atoms with Crippen molar-refractivity contribution >= 4 is 46.7 Å². The Bertz CT molecular complexity index is 605. The number of rotatable bonds is 13. The van der Waals surface area contributed by atoms with Crippen molar-refractivity contribution in [3.05, 3.63) is 27.2 Å². The molecule has 4 nitrogen and oxygen atoms in total. The van der Waals surface area contributed by atoms with Gasteiger partial charge in [0.25, 0.3) is 0 Å². The lowest BCUT2D eigenvalue weighted by Crippen LogP contribution is -2.09. The molecule has 1 rings (SSSR count). The lowest BCUT2D eigenvalue weighted by Gasteiger charge is -2.08. The van der Waals surface area contributed by atoms with Gasteiger partial charge in [-0.2, -0.15) is 0 Å². The van der Waals surface area contributed by atoms with Crippen LogP contribution in [0.3, 0.4) is 0 Å². The minimum Gasteiger partial charge on any atom is -0.466 e. The molecule has 27 heavy (non-hydrogen) atoms. The summed E-state index contributed by atoms with van der Waals surface area (Å²) in [5, 5.41) is 0.702. The van der Waals surface area contributed by atoms with Gasteiger partial charge in [-0.05, 0) is 25.3 Å². The Morgan fingerprint density at radius 3 is 2.19 bits per heavy atom. The third kappa shape index (κ3) is 10.8. The SMILES string of the molecule is CCCCCCCCOC(=O)CCCCC(=O)Oc1cc(Cl)cc(Cl)c1Cl. The Morgan fingerprint density at radius 1 is 0.852 bits per heavy atom. The first kappa shape index (κ1) is 24.1. The summed E-state index contributed by atoms with van der Waals surface area (Å²) in [4.78, 5) is 23.5. The summed E-state index contributed by atoms with van der Waals surface area (Å²) < 4.78 is 10.4. The first-order chi connectivity index (χ1) is 12.9. The second kappa shape index (κ2) is 14.1. The van der Waals surface area contributed by atoms with Crippen LogP contribution in [0, 0.1) is 0 Å². The van der Waals surface area contributed by atoms with Gasteiger partial charge in [-0.3, -0.25) is 9.59 Å². The van der Waals surface area contributed by atoms with Gasteiger partial charge in [0, 0.05) is 23.9 Å². The molecule has 0 radical (unpaired) electrons. The molecule has 0 aliphatic carbocycles. The van der Waals surface area contributed by atoms with Crippen LogP contribution in [0.25, 0.3) is 0 Å². The van der Waals surface area contributed by atoms with E-state index in [2.05, 4.69) is 6.92 Å². The predicted molar refractivity (Wildman–Crippen MR) is 110 cm³/mol. The number of benzene rings is 1. The van der Waals surface area contributed by atoms with E-state index in [1.54, 1.807) is 0 Å². The van der Waals surface area contributed by atoms with Gasteiger partial charge in [-0.1, -0.05) is 73.8 Å². The molecule has 0 amide bonds. The molecular formula is C20H27Cl3O4. The lowest BCUT2D eigenvalue weighted by atomic mass is 10.1. The quantitative estimate of drug-likeness (QED) is 0.144. The molecular weight excluding hydrogens is 411 g/mol. The standard InChI is InChI=1S/C20H27Cl3O4/c1-2-3-4-5-6-9-12-26-18(24)10-7-8-11-19(25)27-17-14-15(21)13-16(22)20(17)23/h13-14H,2-12H2,1H3. The molecule has 0 saturated heterocycles. The number of halogens is 3. The average molecular weight is 438 g/mol. The van der Waals surface area contributed by atoms with Gasteiger partial charge in [0.15, 0.2) is 5.75 Å². The topological polar surface area (TPSA) is 52.6 Å². The van der Waals surface area contributed by atoms with Gasteiger partial charge >= 0.3 is 11.9 Å². The zero-order valence-corrected chi connectivity index (χ0v) is 18.0. The molecule has 0 spiro atoms. The predicted octanol–water partition coefficient (Wildman–Crippen LogP) is 7.02. The summed E-state index contributed by atoms with van der Waals surface area (Å²) in [6.07, 6.45) is 8.48. The van der Waals surface area contributed by atoms with E-state index in [0.717, 1.165) is 12.8 Å². The van der Waals surface area contributed by atoms with Crippen molar-refractivity contribution < 1.29 is 19.1 Å². The van der Waals surface area contributed by atoms with Crippen LogP contribution in [0.15, 0.2) is 12.1 Å². The molecule has 7 heteroatoms. The van der Waals surface area contributed by atoms with Gasteiger partial charge < -0.3 is 9.47 Å². The van der Waals surface area contributed by atoms with Gasteiger partial charge in [-0.25, -0.2) is 0 Å². The molecule has 152 valence electrons. The molecule has 1 aromatic carbocycles. The number of hydrogen-bond acceptors (Lipinski definition) is 4. The molecule has 0 atom stereocenters. The minimum absolute atomic E-state index is 0.137. The van der Waals surface area contributed by atoms with Crippen LogP contribution in [0.1, 0.15) is 71.1 Å². The first-order valence-corrected chi connectivity index (χ1v) is 10.6. The highest BCUT2D eigenvalue weighted by Gasteiger charge is 2.13. The molecule has 0 aliphatic rings. The molecule has 0 N–H and O–H groups in total. The molecule has 0 aliphatic heterocycles. The van der Waals surface area contributed by atoms with Crippen LogP contribution in [0.2, 0.25) is 15.1 Å². The number of carbonyl (C=O) groups excluding carboxylic acids is 2. The monoisotopic (exact) mass is 436 g/mol. The number of esters is 2. The lowest BCUT2D eigenvalue weighted by molar-refractivity contribution is -0.144. The highest BCUT2D eigenvalue weighted by atomic mass is 35.5. The maximum absolute atomic E-state index is 11.9. The summed E-state index contributed by atoms with van der Waals surface area (Å²) in [6.45, 7) is 2.66. The number of ether oxygens (including phenoxy) is 2. The molecule has 0 fully saturated rings. The van der Waals surface area contributed by atoms with Crippen LogP contribution in [-0.2, 0) is 14.3 Å². The van der Waals surface area contributed by atoms with Gasteiger partial charge in [0.05, 0.1) is 11.6 Å². The van der Waals surface area contributed by atoms with Crippen molar-refractivity contribution in [2.45, 2.75) is 71.1 Å². The van der Waals surface area contributed by atoms with Crippen molar-refractivity contribution in [1.82, 2.24) is 0 Å².